The van der Waals surface area contributed by atoms with E-state index in [1.807, 2.05) is 11.6 Å². The number of nitrogens with one attached hydrogen (secondary N) is 1. The zero-order valence-corrected chi connectivity index (χ0v) is 14.0. The lowest BCUT2D eigenvalue weighted by molar-refractivity contribution is 0.101. The first-order valence-electron chi connectivity index (χ1n) is 8.22. The molecule has 2 unspecified atom stereocenters. The van der Waals surface area contributed by atoms with E-state index in [4.69, 9.17) is 11.6 Å². The summed E-state index contributed by atoms with van der Waals surface area (Å²) in [5.41, 5.74) is 2.14. The van der Waals surface area contributed by atoms with E-state index in [1.54, 1.807) is 0 Å². The highest BCUT2D eigenvalue weighted by atomic mass is 35.5. The van der Waals surface area contributed by atoms with Crippen LogP contribution in [0.3, 0.4) is 0 Å². The molecule has 0 radical (unpaired) electrons. The van der Waals surface area contributed by atoms with Crippen LogP contribution in [0.2, 0.25) is 5.15 Å². The number of unbranched alkanes of at least 4 members (excludes halogenated alkanes) is 1. The van der Waals surface area contributed by atoms with E-state index in [-0.39, 0.29) is 6.10 Å². The number of aliphatic hydroxyl groups is 1. The SMILES string of the molecule is CCCCn1nc(C)c(CNCC2CCCC(O)C2)c1Cl. The maximum Gasteiger partial charge on any atom is 0.131 e. The number of hydrogen-bond donors (Lipinski definition) is 2. The molecule has 0 spiro atoms. The van der Waals surface area contributed by atoms with Crippen molar-refractivity contribution in [3.05, 3.63) is 16.4 Å². The smallest absolute Gasteiger partial charge is 0.131 e. The maximum atomic E-state index is 9.71. The van der Waals surface area contributed by atoms with Crippen LogP contribution >= 0.6 is 11.6 Å². The van der Waals surface area contributed by atoms with E-state index < -0.39 is 0 Å². The highest BCUT2D eigenvalue weighted by molar-refractivity contribution is 6.30. The van der Waals surface area contributed by atoms with Gasteiger partial charge in [0.1, 0.15) is 5.15 Å². The Labute approximate surface area is 132 Å². The molecule has 0 amide bonds. The van der Waals surface area contributed by atoms with Gasteiger partial charge >= 0.3 is 0 Å². The fourth-order valence-corrected chi connectivity index (χ4v) is 3.42. The minimum atomic E-state index is -0.104. The number of nitrogens with zero attached hydrogens (tertiary/aromatic N) is 2. The molecule has 1 aromatic heterocycles. The molecule has 0 aromatic carbocycles. The van der Waals surface area contributed by atoms with Gasteiger partial charge in [-0.15, -0.1) is 0 Å². The lowest BCUT2D eigenvalue weighted by Crippen LogP contribution is -2.29. The zero-order valence-electron chi connectivity index (χ0n) is 13.2. The minimum absolute atomic E-state index is 0.104. The lowest BCUT2D eigenvalue weighted by Gasteiger charge is -2.26. The first-order chi connectivity index (χ1) is 10.1. The Bertz CT molecular complexity index is 447. The van der Waals surface area contributed by atoms with Crippen molar-refractivity contribution in [2.24, 2.45) is 5.92 Å². The average Bonchev–Trinajstić information content (AvgIpc) is 2.72. The summed E-state index contributed by atoms with van der Waals surface area (Å²) in [6, 6.07) is 0. The molecule has 1 saturated carbocycles. The number of hydrogen-bond acceptors (Lipinski definition) is 3. The molecular weight excluding hydrogens is 286 g/mol. The van der Waals surface area contributed by atoms with Crippen molar-refractivity contribution >= 4 is 11.6 Å². The second-order valence-electron chi connectivity index (χ2n) is 6.25. The lowest BCUT2D eigenvalue weighted by atomic mass is 9.87. The van der Waals surface area contributed by atoms with Gasteiger partial charge in [-0.25, -0.2) is 0 Å². The summed E-state index contributed by atoms with van der Waals surface area (Å²) in [5, 5.41) is 18.5. The van der Waals surface area contributed by atoms with Gasteiger partial charge in [-0.2, -0.15) is 5.10 Å². The summed E-state index contributed by atoms with van der Waals surface area (Å²) in [7, 11) is 0. The van der Waals surface area contributed by atoms with Crippen LogP contribution in [-0.2, 0) is 13.1 Å². The molecule has 2 N–H and O–H groups in total. The van der Waals surface area contributed by atoms with Gasteiger partial charge in [0, 0.05) is 18.7 Å². The van der Waals surface area contributed by atoms with Gasteiger partial charge in [0.2, 0.25) is 0 Å². The fraction of sp³-hybridized carbons (Fsp3) is 0.812. The molecule has 1 aromatic rings. The van der Waals surface area contributed by atoms with Crippen molar-refractivity contribution in [3.63, 3.8) is 0 Å². The summed E-state index contributed by atoms with van der Waals surface area (Å²) >= 11 is 6.43. The Balaban J connectivity index is 1.83. The van der Waals surface area contributed by atoms with Crippen LogP contribution in [0.5, 0.6) is 0 Å². The first-order valence-corrected chi connectivity index (χ1v) is 8.60. The fourth-order valence-electron chi connectivity index (χ4n) is 3.10. The normalized spacial score (nSPS) is 22.7. The molecule has 1 aliphatic carbocycles. The minimum Gasteiger partial charge on any atom is -0.393 e. The van der Waals surface area contributed by atoms with E-state index in [0.717, 1.165) is 68.1 Å². The molecule has 120 valence electrons. The largest absolute Gasteiger partial charge is 0.393 e. The van der Waals surface area contributed by atoms with Gasteiger partial charge < -0.3 is 10.4 Å². The quantitative estimate of drug-likeness (QED) is 0.812. The summed E-state index contributed by atoms with van der Waals surface area (Å²) in [5.74, 6) is 0.586. The van der Waals surface area contributed by atoms with Crippen molar-refractivity contribution in [1.29, 1.82) is 0 Å². The van der Waals surface area contributed by atoms with Crippen LogP contribution in [0.15, 0.2) is 0 Å². The summed E-state index contributed by atoms with van der Waals surface area (Å²) in [6.45, 7) is 6.81. The molecule has 1 aliphatic rings. The second-order valence-corrected chi connectivity index (χ2v) is 6.61. The number of halogens is 1. The number of aromatic nitrogens is 2. The first kappa shape index (κ1) is 16.8. The van der Waals surface area contributed by atoms with Crippen molar-refractivity contribution in [2.75, 3.05) is 6.54 Å². The highest BCUT2D eigenvalue weighted by Crippen LogP contribution is 2.24. The van der Waals surface area contributed by atoms with E-state index >= 15 is 0 Å². The van der Waals surface area contributed by atoms with Crippen LogP contribution in [0.4, 0.5) is 0 Å². The van der Waals surface area contributed by atoms with E-state index in [1.165, 1.54) is 6.42 Å². The van der Waals surface area contributed by atoms with Crippen LogP contribution in [0.25, 0.3) is 0 Å². The number of rotatable bonds is 7. The Hall–Kier alpha value is -0.580. The Morgan fingerprint density at radius 1 is 1.43 bits per heavy atom. The zero-order chi connectivity index (χ0) is 15.2. The van der Waals surface area contributed by atoms with E-state index in [0.29, 0.717) is 5.92 Å². The van der Waals surface area contributed by atoms with Gasteiger partial charge in [-0.1, -0.05) is 31.4 Å². The Kier molecular flexibility index (Phi) is 6.52. The Morgan fingerprint density at radius 3 is 2.95 bits per heavy atom. The third-order valence-corrected chi connectivity index (χ3v) is 4.82. The summed E-state index contributed by atoms with van der Waals surface area (Å²) < 4.78 is 1.92. The van der Waals surface area contributed by atoms with Gasteiger partial charge in [-0.3, -0.25) is 4.68 Å². The average molecular weight is 314 g/mol. The monoisotopic (exact) mass is 313 g/mol. The van der Waals surface area contributed by atoms with Crippen molar-refractivity contribution in [2.45, 2.75) is 71.6 Å². The molecule has 0 aliphatic heterocycles. The van der Waals surface area contributed by atoms with Crippen LogP contribution < -0.4 is 5.32 Å². The summed E-state index contributed by atoms with van der Waals surface area (Å²) in [6.07, 6.45) is 6.39. The van der Waals surface area contributed by atoms with Gasteiger partial charge in [0.25, 0.3) is 0 Å². The van der Waals surface area contributed by atoms with Gasteiger partial charge in [0.05, 0.1) is 11.8 Å². The predicted molar refractivity (Wildman–Crippen MR) is 86.6 cm³/mol. The molecule has 0 saturated heterocycles. The predicted octanol–water partition coefficient (Wildman–Crippen LogP) is 3.29. The summed E-state index contributed by atoms with van der Waals surface area (Å²) in [4.78, 5) is 0. The number of aliphatic hydroxyl groups excluding tert-OH is 1. The van der Waals surface area contributed by atoms with Gasteiger partial charge in [-0.05, 0) is 45.1 Å². The molecule has 4 nitrogen and oxygen atoms in total. The van der Waals surface area contributed by atoms with Crippen LogP contribution in [0.1, 0.15) is 56.7 Å². The molecule has 2 atom stereocenters. The van der Waals surface area contributed by atoms with Crippen molar-refractivity contribution < 1.29 is 5.11 Å². The number of aryl methyl sites for hydroxylation is 2. The topological polar surface area (TPSA) is 50.1 Å². The van der Waals surface area contributed by atoms with E-state index in [9.17, 15) is 5.11 Å². The molecule has 0 bridgehead atoms. The maximum absolute atomic E-state index is 9.71. The molecule has 5 heteroatoms. The van der Waals surface area contributed by atoms with Crippen molar-refractivity contribution in [3.8, 4) is 0 Å². The van der Waals surface area contributed by atoms with E-state index in [2.05, 4.69) is 17.3 Å². The molecule has 21 heavy (non-hydrogen) atoms. The molecule has 1 fully saturated rings. The third kappa shape index (κ3) is 4.70. The molecular formula is C16H28ClN3O. The van der Waals surface area contributed by atoms with Crippen molar-refractivity contribution in [1.82, 2.24) is 15.1 Å². The van der Waals surface area contributed by atoms with Crippen LogP contribution in [-0.4, -0.2) is 27.5 Å². The third-order valence-electron chi connectivity index (χ3n) is 4.40. The van der Waals surface area contributed by atoms with Crippen LogP contribution in [0, 0.1) is 12.8 Å². The van der Waals surface area contributed by atoms with Gasteiger partial charge in [0.15, 0.2) is 0 Å². The standard InChI is InChI=1S/C16H28ClN3O/c1-3-4-8-20-16(17)15(12(2)19-20)11-18-10-13-6-5-7-14(21)9-13/h13-14,18,21H,3-11H2,1-2H3. The molecule has 1 heterocycles. The molecule has 2 rings (SSSR count). The second kappa shape index (κ2) is 8.16. The highest BCUT2D eigenvalue weighted by Gasteiger charge is 2.20. The Morgan fingerprint density at radius 2 is 2.24 bits per heavy atom.